The van der Waals surface area contributed by atoms with E-state index in [9.17, 15) is 9.59 Å². The molecule has 0 bridgehead atoms. The Hall–Kier alpha value is -2.08. The van der Waals surface area contributed by atoms with E-state index in [4.69, 9.17) is 10.2 Å². The van der Waals surface area contributed by atoms with Crippen LogP contribution in [0.25, 0.3) is 0 Å². The highest BCUT2D eigenvalue weighted by atomic mass is 16.4. The van der Waals surface area contributed by atoms with Crippen molar-refractivity contribution >= 4 is 11.9 Å². The molecule has 1 aromatic heterocycles. The first-order valence-electron chi connectivity index (χ1n) is 7.46. The number of rotatable bonds is 2. The lowest BCUT2D eigenvalue weighted by molar-refractivity contribution is -0.134. The third-order valence-corrected chi connectivity index (χ3v) is 4.40. The predicted octanol–water partition coefficient (Wildman–Crippen LogP) is 1.54. The number of aliphatic carboxylic acids is 2. The molecule has 3 N–H and O–H groups in total. The summed E-state index contributed by atoms with van der Waals surface area (Å²) >= 11 is 0. The number of hydrogen-bond donors (Lipinski definition) is 3. The number of likely N-dealkylation sites (tertiary alicyclic amines) is 1. The first-order chi connectivity index (χ1) is 10.5. The van der Waals surface area contributed by atoms with Crippen molar-refractivity contribution in [2.24, 2.45) is 5.92 Å². The molecule has 2 heterocycles. The molecule has 120 valence electrons. The van der Waals surface area contributed by atoms with Crippen LogP contribution in [0.15, 0.2) is 24.5 Å². The van der Waals surface area contributed by atoms with Gasteiger partial charge in [-0.3, -0.25) is 0 Å². The highest BCUT2D eigenvalue weighted by Crippen LogP contribution is 2.33. The number of carboxylic acid groups (broad SMARTS) is 2. The summed E-state index contributed by atoms with van der Waals surface area (Å²) in [6.07, 6.45) is 10.9. The van der Waals surface area contributed by atoms with Gasteiger partial charge in [0.2, 0.25) is 0 Å². The van der Waals surface area contributed by atoms with Gasteiger partial charge in [-0.2, -0.15) is 0 Å². The average molecular weight is 306 g/mol. The van der Waals surface area contributed by atoms with Gasteiger partial charge in [0.1, 0.15) is 0 Å². The lowest BCUT2D eigenvalue weighted by Gasteiger charge is -2.42. The maximum absolute atomic E-state index is 9.55. The number of likely N-dealkylation sites (N-methyl/N-ethyl adjacent to an activating group) is 1. The quantitative estimate of drug-likeness (QED) is 0.721. The van der Waals surface area contributed by atoms with Crippen LogP contribution in [0.2, 0.25) is 0 Å². The molecule has 0 spiro atoms. The monoisotopic (exact) mass is 306 g/mol. The standard InChI is InChI=1S/C12H18N2.C4H4O4/c1-14-4-2-3-9-5-10-7-13-8-11(10)6-12(9)14;5-3(6)1-2-4(7)8/h7-9,12-13H,2-6H2,1H3;1-2H,(H,5,6)(H,7,8)/b;2-1-/t9-,12?;/m1./s1. The van der Waals surface area contributed by atoms with Gasteiger partial charge in [0.05, 0.1) is 0 Å². The summed E-state index contributed by atoms with van der Waals surface area (Å²) in [5.74, 6) is -1.60. The number of nitrogens with zero attached hydrogens (tertiary/aromatic N) is 1. The molecule has 1 aliphatic heterocycles. The summed E-state index contributed by atoms with van der Waals surface area (Å²) in [5, 5.41) is 15.6. The molecule has 0 aromatic carbocycles. The van der Waals surface area contributed by atoms with E-state index in [1.165, 1.54) is 32.2 Å². The van der Waals surface area contributed by atoms with Gasteiger partial charge in [0.15, 0.2) is 0 Å². The summed E-state index contributed by atoms with van der Waals surface area (Å²) in [6, 6.07) is 0.812. The van der Waals surface area contributed by atoms with Crippen molar-refractivity contribution in [3.05, 3.63) is 35.7 Å². The molecule has 1 aromatic rings. The molecule has 22 heavy (non-hydrogen) atoms. The lowest BCUT2D eigenvalue weighted by atomic mass is 9.77. The molecule has 2 atom stereocenters. The Morgan fingerprint density at radius 3 is 2.36 bits per heavy atom. The van der Waals surface area contributed by atoms with Crippen LogP contribution in [-0.4, -0.2) is 51.7 Å². The van der Waals surface area contributed by atoms with Gasteiger partial charge in [-0.1, -0.05) is 0 Å². The van der Waals surface area contributed by atoms with Crippen molar-refractivity contribution in [3.8, 4) is 0 Å². The molecule has 1 unspecified atom stereocenters. The van der Waals surface area contributed by atoms with Crippen LogP contribution in [0.5, 0.6) is 0 Å². The smallest absolute Gasteiger partial charge is 0.328 e. The van der Waals surface area contributed by atoms with E-state index in [1.807, 2.05) is 0 Å². The maximum Gasteiger partial charge on any atom is 0.328 e. The zero-order chi connectivity index (χ0) is 16.1. The zero-order valence-electron chi connectivity index (χ0n) is 12.7. The number of carbonyl (C=O) groups is 2. The van der Waals surface area contributed by atoms with Gasteiger partial charge in [0, 0.05) is 30.6 Å². The summed E-state index contributed by atoms with van der Waals surface area (Å²) in [7, 11) is 2.29. The van der Waals surface area contributed by atoms with Crippen molar-refractivity contribution in [3.63, 3.8) is 0 Å². The Balaban J connectivity index is 0.000000192. The topological polar surface area (TPSA) is 93.6 Å². The third-order valence-electron chi connectivity index (χ3n) is 4.40. The fourth-order valence-corrected chi connectivity index (χ4v) is 3.34. The molecule has 3 rings (SSSR count). The minimum Gasteiger partial charge on any atom is -0.478 e. The first kappa shape index (κ1) is 16.3. The van der Waals surface area contributed by atoms with Crippen LogP contribution >= 0.6 is 0 Å². The summed E-state index contributed by atoms with van der Waals surface area (Å²) in [5.41, 5.74) is 3.13. The fourth-order valence-electron chi connectivity index (χ4n) is 3.34. The first-order valence-corrected chi connectivity index (χ1v) is 7.46. The van der Waals surface area contributed by atoms with Crippen LogP contribution in [0.4, 0.5) is 0 Å². The van der Waals surface area contributed by atoms with Crippen molar-refractivity contribution in [2.75, 3.05) is 13.6 Å². The maximum atomic E-state index is 9.55. The van der Waals surface area contributed by atoms with E-state index in [1.54, 1.807) is 11.1 Å². The fraction of sp³-hybridized carbons (Fsp3) is 0.500. The van der Waals surface area contributed by atoms with Gasteiger partial charge in [-0.15, -0.1) is 0 Å². The van der Waals surface area contributed by atoms with Crippen LogP contribution in [0, 0.1) is 5.92 Å². The van der Waals surface area contributed by atoms with Gasteiger partial charge < -0.3 is 20.1 Å². The Kier molecular flexibility index (Phi) is 5.38. The molecular formula is C16H22N2O4. The average Bonchev–Trinajstić information content (AvgIpc) is 2.91. The number of nitrogens with one attached hydrogen (secondary N) is 1. The number of piperidine rings is 1. The van der Waals surface area contributed by atoms with Crippen LogP contribution < -0.4 is 0 Å². The number of aromatic nitrogens is 1. The third kappa shape index (κ3) is 4.21. The van der Waals surface area contributed by atoms with E-state index in [0.717, 1.165) is 12.0 Å². The number of carboxylic acids is 2. The molecule has 1 fully saturated rings. The van der Waals surface area contributed by atoms with Crippen LogP contribution in [0.3, 0.4) is 0 Å². The number of aromatic amines is 1. The second-order valence-electron chi connectivity index (χ2n) is 5.87. The highest BCUT2D eigenvalue weighted by molar-refractivity contribution is 5.89. The van der Waals surface area contributed by atoms with Gasteiger partial charge in [0.25, 0.3) is 0 Å². The zero-order valence-corrected chi connectivity index (χ0v) is 12.7. The molecular weight excluding hydrogens is 284 g/mol. The van der Waals surface area contributed by atoms with E-state index in [-0.39, 0.29) is 0 Å². The molecule has 0 saturated carbocycles. The summed E-state index contributed by atoms with van der Waals surface area (Å²) in [6.45, 7) is 1.29. The van der Waals surface area contributed by atoms with Gasteiger partial charge >= 0.3 is 11.9 Å². The second kappa shape index (κ2) is 7.26. The SMILES string of the molecule is CN1CCC[C@@H]2Cc3c[nH]cc3CC21.O=C(O)/C=C\C(=O)O. The van der Waals surface area contributed by atoms with Crippen LogP contribution in [-0.2, 0) is 22.4 Å². The molecule has 1 saturated heterocycles. The lowest BCUT2D eigenvalue weighted by Crippen LogP contribution is -2.46. The van der Waals surface area contributed by atoms with E-state index >= 15 is 0 Å². The Morgan fingerprint density at radius 2 is 1.77 bits per heavy atom. The second-order valence-corrected chi connectivity index (χ2v) is 5.87. The van der Waals surface area contributed by atoms with Gasteiger partial charge in [-0.05, 0) is 56.3 Å². The van der Waals surface area contributed by atoms with E-state index in [0.29, 0.717) is 12.2 Å². The minimum absolute atomic E-state index is 0.558. The molecule has 6 heteroatoms. The molecule has 6 nitrogen and oxygen atoms in total. The van der Waals surface area contributed by atoms with Crippen molar-refractivity contribution < 1.29 is 19.8 Å². The number of fused-ring (bicyclic) bond motifs is 2. The normalized spacial score (nSPS) is 24.0. The molecule has 0 amide bonds. The minimum atomic E-state index is -1.26. The molecule has 2 aliphatic rings. The Labute approximate surface area is 129 Å². The highest BCUT2D eigenvalue weighted by Gasteiger charge is 2.33. The summed E-state index contributed by atoms with van der Waals surface area (Å²) in [4.78, 5) is 24.9. The molecule has 1 aliphatic carbocycles. The largest absolute Gasteiger partial charge is 0.478 e. The molecule has 0 radical (unpaired) electrons. The van der Waals surface area contributed by atoms with Crippen molar-refractivity contribution in [2.45, 2.75) is 31.7 Å². The van der Waals surface area contributed by atoms with Gasteiger partial charge in [-0.25, -0.2) is 9.59 Å². The van der Waals surface area contributed by atoms with E-state index in [2.05, 4.69) is 29.3 Å². The van der Waals surface area contributed by atoms with E-state index < -0.39 is 11.9 Å². The van der Waals surface area contributed by atoms with Crippen LogP contribution in [0.1, 0.15) is 24.0 Å². The van der Waals surface area contributed by atoms with Crippen molar-refractivity contribution in [1.29, 1.82) is 0 Å². The number of H-pyrrole nitrogens is 1. The summed E-state index contributed by atoms with van der Waals surface area (Å²) < 4.78 is 0. The number of hydrogen-bond acceptors (Lipinski definition) is 3. The Bertz CT molecular complexity index is 548. The van der Waals surface area contributed by atoms with Crippen molar-refractivity contribution in [1.82, 2.24) is 9.88 Å². The predicted molar refractivity (Wildman–Crippen MR) is 81.8 cm³/mol. The Morgan fingerprint density at radius 1 is 1.18 bits per heavy atom.